The predicted molar refractivity (Wildman–Crippen MR) is 125 cm³/mol. The van der Waals surface area contributed by atoms with Crippen LogP contribution in [0.25, 0.3) is 11.1 Å². The Morgan fingerprint density at radius 2 is 1.62 bits per heavy atom. The Kier molecular flexibility index (Phi) is 7.47. The van der Waals surface area contributed by atoms with Crippen LogP contribution in [0.1, 0.15) is 42.7 Å². The van der Waals surface area contributed by atoms with Crippen LogP contribution in [0.3, 0.4) is 0 Å². The first-order chi connectivity index (χ1) is 16.4. The minimum absolute atomic E-state index is 0.0281. The zero-order chi connectivity index (χ0) is 24.1. The van der Waals surface area contributed by atoms with Gasteiger partial charge in [-0.25, -0.2) is 14.7 Å². The normalized spacial score (nSPS) is 18.7. The van der Waals surface area contributed by atoms with Crippen molar-refractivity contribution in [1.82, 2.24) is 10.4 Å². The van der Waals surface area contributed by atoms with Crippen LogP contribution in [0.5, 0.6) is 0 Å². The molecule has 2 aliphatic rings. The number of nitrogens with one attached hydrogen (secondary N) is 1. The van der Waals surface area contributed by atoms with Crippen molar-refractivity contribution in [3.63, 3.8) is 0 Å². The van der Waals surface area contributed by atoms with Gasteiger partial charge in [-0.1, -0.05) is 48.5 Å². The molecular weight excluding hydrogens is 436 g/mol. The summed E-state index contributed by atoms with van der Waals surface area (Å²) in [6.45, 7) is 0.247. The molecule has 0 saturated heterocycles. The van der Waals surface area contributed by atoms with E-state index in [1.807, 2.05) is 24.3 Å². The third kappa shape index (κ3) is 5.56. The highest BCUT2D eigenvalue weighted by molar-refractivity contribution is 5.79. The van der Waals surface area contributed by atoms with Crippen LogP contribution in [0.2, 0.25) is 0 Å². The fourth-order valence-corrected chi connectivity index (χ4v) is 5.03. The molecule has 1 fully saturated rings. The second-order valence-corrected chi connectivity index (χ2v) is 9.01. The summed E-state index contributed by atoms with van der Waals surface area (Å²) in [5.74, 6) is -0.863. The summed E-state index contributed by atoms with van der Waals surface area (Å²) in [6.07, 6.45) is 2.50. The van der Waals surface area contributed by atoms with Gasteiger partial charge in [-0.3, -0.25) is 9.63 Å². The molecule has 0 radical (unpaired) electrons. The van der Waals surface area contributed by atoms with Gasteiger partial charge in [-0.2, -0.15) is 0 Å². The topological polar surface area (TPSA) is 105 Å². The number of amides is 2. The zero-order valence-corrected chi connectivity index (χ0v) is 19.2. The van der Waals surface area contributed by atoms with Gasteiger partial charge in [0.1, 0.15) is 6.61 Å². The second-order valence-electron chi connectivity index (χ2n) is 9.01. The molecule has 2 aromatic rings. The maximum absolute atomic E-state index is 12.4. The van der Waals surface area contributed by atoms with E-state index < -0.39 is 18.7 Å². The van der Waals surface area contributed by atoms with Crippen molar-refractivity contribution in [2.75, 3.05) is 26.8 Å². The number of hydrogen-bond acceptors (Lipinski definition) is 5. The zero-order valence-electron chi connectivity index (χ0n) is 19.2. The molecule has 2 unspecified atom stereocenters. The Bertz CT molecular complexity index is 1010. The van der Waals surface area contributed by atoms with E-state index in [0.29, 0.717) is 13.0 Å². The van der Waals surface area contributed by atoms with Crippen molar-refractivity contribution in [3.8, 4) is 11.1 Å². The number of hydrogen-bond donors (Lipinski definition) is 2. The van der Waals surface area contributed by atoms with E-state index in [1.165, 1.54) is 29.3 Å². The summed E-state index contributed by atoms with van der Waals surface area (Å²) in [4.78, 5) is 40.1. The van der Waals surface area contributed by atoms with E-state index in [4.69, 9.17) is 14.7 Å². The Balaban J connectivity index is 1.21. The van der Waals surface area contributed by atoms with Crippen LogP contribution in [0.15, 0.2) is 48.5 Å². The quantitative estimate of drug-likeness (QED) is 0.545. The largest absolute Gasteiger partial charge is 0.479 e. The first kappa shape index (κ1) is 23.8. The first-order valence-electron chi connectivity index (χ1n) is 11.6. The number of hydroxylamine groups is 2. The average molecular weight is 467 g/mol. The standard InChI is InChI=1S/C26H30N2O6/c1-28(34-16-25(30)31)24(29)13-17-10-11-18(12-17)14-27-26(32)33-15-23-21-8-4-2-6-19(21)20-7-3-5-9-22(20)23/h2-9,17-18,23H,10-16H2,1H3,(H,27,32)(H,30,31). The number of carbonyl (C=O) groups excluding carboxylic acids is 2. The summed E-state index contributed by atoms with van der Waals surface area (Å²) >= 11 is 0. The van der Waals surface area contributed by atoms with Gasteiger partial charge in [0.2, 0.25) is 5.91 Å². The lowest BCUT2D eigenvalue weighted by Crippen LogP contribution is -2.31. The van der Waals surface area contributed by atoms with E-state index in [-0.39, 0.29) is 30.3 Å². The Labute approximate surface area is 198 Å². The average Bonchev–Trinajstić information content (AvgIpc) is 3.42. The summed E-state index contributed by atoms with van der Waals surface area (Å²) < 4.78 is 5.59. The van der Waals surface area contributed by atoms with Gasteiger partial charge in [-0.15, -0.1) is 0 Å². The van der Waals surface area contributed by atoms with E-state index in [2.05, 4.69) is 29.6 Å². The number of ether oxygens (including phenoxy) is 1. The number of nitrogens with zero attached hydrogens (tertiary/aromatic N) is 1. The van der Waals surface area contributed by atoms with Crippen LogP contribution in [-0.2, 0) is 19.2 Å². The molecule has 8 heteroatoms. The highest BCUT2D eigenvalue weighted by atomic mass is 16.7. The van der Waals surface area contributed by atoms with Crippen LogP contribution in [0, 0.1) is 11.8 Å². The summed E-state index contributed by atoms with van der Waals surface area (Å²) in [5, 5.41) is 12.5. The summed E-state index contributed by atoms with van der Waals surface area (Å²) in [6, 6.07) is 16.4. The van der Waals surface area contributed by atoms with Gasteiger partial charge in [0, 0.05) is 25.9 Å². The lowest BCUT2D eigenvalue weighted by atomic mass is 9.98. The minimum atomic E-state index is -1.13. The van der Waals surface area contributed by atoms with E-state index in [0.717, 1.165) is 24.3 Å². The van der Waals surface area contributed by atoms with Crippen LogP contribution in [0.4, 0.5) is 4.79 Å². The molecule has 0 heterocycles. The van der Waals surface area contributed by atoms with E-state index >= 15 is 0 Å². The molecule has 2 atom stereocenters. The third-order valence-electron chi connectivity index (χ3n) is 6.72. The molecule has 0 spiro atoms. The van der Waals surface area contributed by atoms with Crippen LogP contribution < -0.4 is 5.32 Å². The SMILES string of the molecule is CN(OCC(=O)O)C(=O)CC1CCC(CNC(=O)OCC2c3ccccc3-c3ccccc32)C1. The van der Waals surface area contributed by atoms with Gasteiger partial charge in [0.15, 0.2) is 6.61 Å². The molecule has 0 aromatic heterocycles. The number of carboxylic acid groups (broad SMARTS) is 1. The van der Waals surface area contributed by atoms with Crippen molar-refractivity contribution < 1.29 is 29.1 Å². The number of carboxylic acids is 1. The fraction of sp³-hybridized carbons (Fsp3) is 0.423. The van der Waals surface area contributed by atoms with E-state index in [1.54, 1.807) is 0 Å². The Morgan fingerprint density at radius 1 is 1.00 bits per heavy atom. The maximum atomic E-state index is 12.4. The first-order valence-corrected chi connectivity index (χ1v) is 11.6. The fourth-order valence-electron chi connectivity index (χ4n) is 5.03. The number of aliphatic carboxylic acids is 1. The van der Waals surface area contributed by atoms with E-state index in [9.17, 15) is 14.4 Å². The van der Waals surface area contributed by atoms with Crippen molar-refractivity contribution >= 4 is 18.0 Å². The third-order valence-corrected chi connectivity index (χ3v) is 6.72. The molecular formula is C26H30N2O6. The Hall–Kier alpha value is -3.39. The number of alkyl carbamates (subject to hydrolysis) is 1. The van der Waals surface area contributed by atoms with Gasteiger partial charge in [0.05, 0.1) is 0 Å². The lowest BCUT2D eigenvalue weighted by Gasteiger charge is -2.18. The molecule has 8 nitrogen and oxygen atoms in total. The van der Waals surface area contributed by atoms with Gasteiger partial charge < -0.3 is 15.2 Å². The highest BCUT2D eigenvalue weighted by Gasteiger charge is 2.30. The second kappa shape index (κ2) is 10.7. The smallest absolute Gasteiger partial charge is 0.407 e. The summed E-state index contributed by atoms with van der Waals surface area (Å²) in [7, 11) is 1.43. The molecule has 34 heavy (non-hydrogen) atoms. The van der Waals surface area contributed by atoms with Crippen molar-refractivity contribution in [1.29, 1.82) is 0 Å². The van der Waals surface area contributed by atoms with Crippen molar-refractivity contribution in [2.45, 2.75) is 31.6 Å². The lowest BCUT2D eigenvalue weighted by molar-refractivity contribution is -0.186. The van der Waals surface area contributed by atoms with Crippen LogP contribution >= 0.6 is 0 Å². The predicted octanol–water partition coefficient (Wildman–Crippen LogP) is 3.81. The Morgan fingerprint density at radius 3 is 2.26 bits per heavy atom. The molecule has 2 N–H and O–H groups in total. The molecule has 4 rings (SSSR count). The van der Waals surface area contributed by atoms with Crippen LogP contribution in [-0.4, -0.2) is 54.9 Å². The molecule has 2 amide bonds. The van der Waals surface area contributed by atoms with Crippen molar-refractivity contribution in [3.05, 3.63) is 59.7 Å². The maximum Gasteiger partial charge on any atom is 0.407 e. The summed E-state index contributed by atoms with van der Waals surface area (Å²) in [5.41, 5.74) is 4.74. The monoisotopic (exact) mass is 466 g/mol. The molecule has 0 aliphatic heterocycles. The molecule has 0 bridgehead atoms. The highest BCUT2D eigenvalue weighted by Crippen LogP contribution is 2.44. The molecule has 2 aliphatic carbocycles. The van der Waals surface area contributed by atoms with Gasteiger partial charge in [0.25, 0.3) is 0 Å². The van der Waals surface area contributed by atoms with Crippen molar-refractivity contribution in [2.24, 2.45) is 11.8 Å². The molecule has 180 valence electrons. The van der Waals surface area contributed by atoms with Gasteiger partial charge >= 0.3 is 12.1 Å². The number of rotatable bonds is 9. The molecule has 2 aromatic carbocycles. The number of benzene rings is 2. The molecule has 1 saturated carbocycles. The number of fused-ring (bicyclic) bond motifs is 3. The van der Waals surface area contributed by atoms with Gasteiger partial charge in [-0.05, 0) is 53.4 Å². The number of carbonyl (C=O) groups is 3. The minimum Gasteiger partial charge on any atom is -0.479 e.